The zero-order chi connectivity index (χ0) is 12.1. The number of aliphatic hydroxyl groups is 2. The third-order valence-corrected chi connectivity index (χ3v) is 3.30. The molecule has 16 heavy (non-hydrogen) atoms. The summed E-state index contributed by atoms with van der Waals surface area (Å²) in [4.78, 5) is 13.7. The van der Waals surface area contributed by atoms with Gasteiger partial charge in [-0.3, -0.25) is 4.79 Å². The predicted molar refractivity (Wildman–Crippen MR) is 61.9 cm³/mol. The van der Waals surface area contributed by atoms with Gasteiger partial charge in [0.1, 0.15) is 0 Å². The van der Waals surface area contributed by atoms with Crippen molar-refractivity contribution >= 4 is 5.91 Å². The first-order valence-electron chi connectivity index (χ1n) is 6.19. The van der Waals surface area contributed by atoms with Crippen LogP contribution in [0.4, 0.5) is 0 Å². The number of nitrogens with zero attached hydrogens (tertiary/aromatic N) is 1. The van der Waals surface area contributed by atoms with E-state index in [2.05, 4.69) is 6.92 Å². The van der Waals surface area contributed by atoms with E-state index in [1.165, 1.54) is 0 Å². The molecule has 1 amide bonds. The lowest BCUT2D eigenvalue weighted by Gasteiger charge is -2.26. The quantitative estimate of drug-likeness (QED) is 0.732. The second kappa shape index (κ2) is 6.21. The molecule has 1 fully saturated rings. The van der Waals surface area contributed by atoms with E-state index >= 15 is 0 Å². The SMILES string of the molecule is CCCC[C@H](C)C(=O)N1C[C@H](O)C[C@@H]1CO. The Bertz CT molecular complexity index is 232. The van der Waals surface area contributed by atoms with E-state index < -0.39 is 6.10 Å². The second-order valence-electron chi connectivity index (χ2n) is 4.76. The van der Waals surface area contributed by atoms with Crippen molar-refractivity contribution in [3.8, 4) is 0 Å². The van der Waals surface area contributed by atoms with Crippen LogP contribution in [0.1, 0.15) is 39.5 Å². The predicted octanol–water partition coefficient (Wildman–Crippen LogP) is 0.767. The van der Waals surface area contributed by atoms with Crippen LogP contribution >= 0.6 is 0 Å². The first kappa shape index (κ1) is 13.5. The number of hydrogen-bond donors (Lipinski definition) is 2. The van der Waals surface area contributed by atoms with Crippen molar-refractivity contribution in [2.24, 2.45) is 5.92 Å². The lowest BCUT2D eigenvalue weighted by molar-refractivity contribution is -0.137. The average Bonchev–Trinajstić information content (AvgIpc) is 2.66. The molecule has 1 aliphatic heterocycles. The molecule has 0 unspecified atom stereocenters. The van der Waals surface area contributed by atoms with Gasteiger partial charge in [0.25, 0.3) is 0 Å². The summed E-state index contributed by atoms with van der Waals surface area (Å²) in [6.07, 6.45) is 3.05. The fourth-order valence-electron chi connectivity index (χ4n) is 2.25. The molecule has 2 N–H and O–H groups in total. The van der Waals surface area contributed by atoms with Crippen LogP contribution in [0.2, 0.25) is 0 Å². The third-order valence-electron chi connectivity index (χ3n) is 3.30. The molecule has 1 heterocycles. The van der Waals surface area contributed by atoms with Gasteiger partial charge >= 0.3 is 0 Å². The van der Waals surface area contributed by atoms with E-state index in [1.807, 2.05) is 6.92 Å². The van der Waals surface area contributed by atoms with E-state index in [1.54, 1.807) is 4.90 Å². The Hall–Kier alpha value is -0.610. The summed E-state index contributed by atoms with van der Waals surface area (Å²) in [5, 5.41) is 18.7. The third kappa shape index (κ3) is 3.19. The molecule has 0 radical (unpaired) electrons. The van der Waals surface area contributed by atoms with E-state index in [9.17, 15) is 9.90 Å². The standard InChI is InChI=1S/C12H23NO3/c1-3-4-5-9(2)12(16)13-7-11(15)6-10(13)8-14/h9-11,14-15H,3-8H2,1-2H3/t9-,10+,11+/m0/s1. The minimum Gasteiger partial charge on any atom is -0.394 e. The Morgan fingerprint density at radius 2 is 2.25 bits per heavy atom. The highest BCUT2D eigenvalue weighted by Crippen LogP contribution is 2.21. The number of likely N-dealkylation sites (tertiary alicyclic amines) is 1. The van der Waals surface area contributed by atoms with Gasteiger partial charge in [-0.15, -0.1) is 0 Å². The number of amides is 1. The van der Waals surface area contributed by atoms with Gasteiger partial charge in [-0.1, -0.05) is 26.7 Å². The molecule has 1 aliphatic rings. The van der Waals surface area contributed by atoms with Gasteiger partial charge in [-0.2, -0.15) is 0 Å². The van der Waals surface area contributed by atoms with Crippen LogP contribution in [-0.2, 0) is 4.79 Å². The maximum atomic E-state index is 12.1. The molecular formula is C12H23NO3. The molecule has 0 saturated carbocycles. The van der Waals surface area contributed by atoms with Crippen LogP contribution in [0.3, 0.4) is 0 Å². The molecule has 0 spiro atoms. The zero-order valence-electron chi connectivity index (χ0n) is 10.2. The molecule has 94 valence electrons. The number of unbranched alkanes of at least 4 members (excludes halogenated alkanes) is 1. The number of aliphatic hydroxyl groups excluding tert-OH is 2. The van der Waals surface area contributed by atoms with Crippen LogP contribution in [-0.4, -0.2) is 46.3 Å². The number of carbonyl (C=O) groups is 1. The average molecular weight is 229 g/mol. The van der Waals surface area contributed by atoms with Gasteiger partial charge in [-0.05, 0) is 12.8 Å². The lowest BCUT2D eigenvalue weighted by atomic mass is 10.0. The molecule has 1 rings (SSSR count). The Morgan fingerprint density at radius 3 is 2.81 bits per heavy atom. The lowest BCUT2D eigenvalue weighted by Crippen LogP contribution is -2.41. The van der Waals surface area contributed by atoms with E-state index in [0.29, 0.717) is 13.0 Å². The summed E-state index contributed by atoms with van der Waals surface area (Å²) in [5.41, 5.74) is 0. The Labute approximate surface area is 97.3 Å². The van der Waals surface area contributed by atoms with Gasteiger partial charge in [0.05, 0.1) is 18.8 Å². The number of hydrogen-bond acceptors (Lipinski definition) is 3. The maximum absolute atomic E-state index is 12.1. The summed E-state index contributed by atoms with van der Waals surface area (Å²) in [5.74, 6) is 0.0725. The minimum absolute atomic E-state index is 0.000648. The summed E-state index contributed by atoms with van der Waals surface area (Å²) < 4.78 is 0. The molecule has 3 atom stereocenters. The van der Waals surface area contributed by atoms with Crippen molar-refractivity contribution in [2.45, 2.75) is 51.7 Å². The van der Waals surface area contributed by atoms with Crippen LogP contribution in [0.5, 0.6) is 0 Å². The van der Waals surface area contributed by atoms with Crippen molar-refractivity contribution in [3.63, 3.8) is 0 Å². The molecule has 4 heteroatoms. The summed E-state index contributed by atoms with van der Waals surface area (Å²) in [7, 11) is 0. The van der Waals surface area contributed by atoms with Crippen molar-refractivity contribution in [3.05, 3.63) is 0 Å². The van der Waals surface area contributed by atoms with Crippen molar-refractivity contribution in [2.75, 3.05) is 13.2 Å². The van der Waals surface area contributed by atoms with Crippen molar-refractivity contribution in [1.29, 1.82) is 0 Å². The van der Waals surface area contributed by atoms with Crippen LogP contribution < -0.4 is 0 Å². The van der Waals surface area contributed by atoms with Crippen LogP contribution in [0.25, 0.3) is 0 Å². The van der Waals surface area contributed by atoms with Crippen molar-refractivity contribution < 1.29 is 15.0 Å². The van der Waals surface area contributed by atoms with Gasteiger partial charge < -0.3 is 15.1 Å². The van der Waals surface area contributed by atoms with E-state index in [4.69, 9.17) is 5.11 Å². The summed E-state index contributed by atoms with van der Waals surface area (Å²) >= 11 is 0. The fourth-order valence-corrected chi connectivity index (χ4v) is 2.25. The highest BCUT2D eigenvalue weighted by molar-refractivity contribution is 5.79. The number of rotatable bonds is 5. The first-order chi connectivity index (χ1) is 7.60. The summed E-state index contributed by atoms with van der Waals surface area (Å²) in [6, 6.07) is -0.188. The van der Waals surface area contributed by atoms with E-state index in [0.717, 1.165) is 19.3 Å². The fraction of sp³-hybridized carbons (Fsp3) is 0.917. The normalized spacial score (nSPS) is 27.1. The smallest absolute Gasteiger partial charge is 0.225 e. The van der Waals surface area contributed by atoms with Gasteiger partial charge in [0.2, 0.25) is 5.91 Å². The first-order valence-corrected chi connectivity index (χ1v) is 6.19. The molecule has 0 aromatic rings. The van der Waals surface area contributed by atoms with Gasteiger partial charge in [0, 0.05) is 12.5 Å². The zero-order valence-corrected chi connectivity index (χ0v) is 10.2. The summed E-state index contributed by atoms with van der Waals surface area (Å²) in [6.45, 7) is 4.36. The Morgan fingerprint density at radius 1 is 1.56 bits per heavy atom. The number of carbonyl (C=O) groups excluding carboxylic acids is 1. The second-order valence-corrected chi connectivity index (χ2v) is 4.76. The highest BCUT2D eigenvalue weighted by atomic mass is 16.3. The monoisotopic (exact) mass is 229 g/mol. The molecule has 0 aromatic heterocycles. The Kier molecular flexibility index (Phi) is 5.22. The van der Waals surface area contributed by atoms with Crippen LogP contribution in [0.15, 0.2) is 0 Å². The topological polar surface area (TPSA) is 60.8 Å². The highest BCUT2D eigenvalue weighted by Gasteiger charge is 2.35. The van der Waals surface area contributed by atoms with E-state index in [-0.39, 0.29) is 24.5 Å². The maximum Gasteiger partial charge on any atom is 0.225 e. The van der Waals surface area contributed by atoms with Crippen LogP contribution in [0, 0.1) is 5.92 Å². The molecule has 1 saturated heterocycles. The number of β-amino-alcohol motifs (C(OH)–C–C–N with tert-alkyl or cyclic N) is 1. The van der Waals surface area contributed by atoms with Crippen molar-refractivity contribution in [1.82, 2.24) is 4.90 Å². The molecule has 4 nitrogen and oxygen atoms in total. The Balaban J connectivity index is 2.51. The molecule has 0 bridgehead atoms. The largest absolute Gasteiger partial charge is 0.394 e. The molecule has 0 aromatic carbocycles. The van der Waals surface area contributed by atoms with Gasteiger partial charge in [0.15, 0.2) is 0 Å². The van der Waals surface area contributed by atoms with Gasteiger partial charge in [-0.25, -0.2) is 0 Å². The molecule has 0 aliphatic carbocycles. The minimum atomic E-state index is -0.473. The molecular weight excluding hydrogens is 206 g/mol.